The molecule has 0 radical (unpaired) electrons. The van der Waals surface area contributed by atoms with Gasteiger partial charge in [0.25, 0.3) is 5.91 Å². The predicted molar refractivity (Wildman–Crippen MR) is 107 cm³/mol. The molecule has 1 aliphatic carbocycles. The molecule has 0 saturated heterocycles. The first kappa shape index (κ1) is 18.2. The van der Waals surface area contributed by atoms with E-state index in [0.29, 0.717) is 41.2 Å². The number of carbonyl (C=O) groups is 1. The van der Waals surface area contributed by atoms with Crippen LogP contribution in [-0.2, 0) is 6.54 Å². The Labute approximate surface area is 172 Å². The largest absolute Gasteiger partial charge is 0.359 e. The van der Waals surface area contributed by atoms with E-state index in [4.69, 9.17) is 9.05 Å². The highest BCUT2D eigenvalue weighted by molar-refractivity contribution is 5.94. The molecular weight excluding hydrogens is 382 g/mol. The van der Waals surface area contributed by atoms with Gasteiger partial charge < -0.3 is 13.9 Å². The Morgan fingerprint density at radius 1 is 1.07 bits per heavy atom. The van der Waals surface area contributed by atoms with Crippen LogP contribution in [0.5, 0.6) is 0 Å². The van der Waals surface area contributed by atoms with Gasteiger partial charge in [0.1, 0.15) is 5.69 Å². The quantitative estimate of drug-likeness (QED) is 0.483. The van der Waals surface area contributed by atoms with Crippen molar-refractivity contribution >= 4 is 5.91 Å². The Morgan fingerprint density at radius 2 is 1.90 bits per heavy atom. The summed E-state index contributed by atoms with van der Waals surface area (Å²) in [6.07, 6.45) is 3.91. The van der Waals surface area contributed by atoms with E-state index < -0.39 is 0 Å². The summed E-state index contributed by atoms with van der Waals surface area (Å²) in [7, 11) is 1.72. The van der Waals surface area contributed by atoms with Crippen LogP contribution in [-0.4, -0.2) is 38.1 Å². The van der Waals surface area contributed by atoms with Crippen LogP contribution < -0.4 is 0 Å². The van der Waals surface area contributed by atoms with E-state index >= 15 is 0 Å². The fourth-order valence-corrected chi connectivity index (χ4v) is 3.16. The summed E-state index contributed by atoms with van der Waals surface area (Å²) in [5.41, 5.74) is 2.75. The van der Waals surface area contributed by atoms with Gasteiger partial charge in [-0.3, -0.25) is 9.78 Å². The van der Waals surface area contributed by atoms with E-state index in [9.17, 15) is 4.79 Å². The minimum Gasteiger partial charge on any atom is -0.359 e. The lowest BCUT2D eigenvalue weighted by Gasteiger charge is -2.15. The highest BCUT2D eigenvalue weighted by atomic mass is 16.5. The van der Waals surface area contributed by atoms with Crippen molar-refractivity contribution in [1.29, 1.82) is 0 Å². The number of aromatic nitrogens is 4. The van der Waals surface area contributed by atoms with Crippen LogP contribution in [0.2, 0.25) is 0 Å². The molecule has 8 nitrogen and oxygen atoms in total. The smallest absolute Gasteiger partial charge is 0.254 e. The Kier molecular flexibility index (Phi) is 4.59. The van der Waals surface area contributed by atoms with E-state index in [-0.39, 0.29) is 5.91 Å². The Bertz CT molecular complexity index is 1160. The molecule has 1 saturated carbocycles. The molecule has 3 heterocycles. The molecule has 0 unspecified atom stereocenters. The summed E-state index contributed by atoms with van der Waals surface area (Å²) in [6.45, 7) is 0.302. The lowest BCUT2D eigenvalue weighted by atomic mass is 10.1. The van der Waals surface area contributed by atoms with E-state index in [1.807, 2.05) is 30.3 Å². The number of benzene rings is 1. The molecular formula is C22H19N5O3. The summed E-state index contributed by atoms with van der Waals surface area (Å²) in [5.74, 6) is 2.12. The van der Waals surface area contributed by atoms with Gasteiger partial charge in [0.05, 0.1) is 12.2 Å². The van der Waals surface area contributed by atoms with Crippen molar-refractivity contribution in [1.82, 2.24) is 25.2 Å². The van der Waals surface area contributed by atoms with E-state index in [1.165, 1.54) is 0 Å². The highest BCUT2D eigenvalue weighted by Crippen LogP contribution is 2.39. The van der Waals surface area contributed by atoms with Gasteiger partial charge in [-0.15, -0.1) is 0 Å². The summed E-state index contributed by atoms with van der Waals surface area (Å²) in [5, 5.41) is 8.07. The van der Waals surface area contributed by atoms with Gasteiger partial charge in [-0.2, -0.15) is 4.98 Å². The molecule has 3 aromatic heterocycles. The summed E-state index contributed by atoms with van der Waals surface area (Å²) in [4.78, 5) is 23.0. The van der Waals surface area contributed by atoms with Crippen molar-refractivity contribution in [3.63, 3.8) is 0 Å². The third-order valence-corrected chi connectivity index (χ3v) is 4.98. The first-order chi connectivity index (χ1) is 14.7. The van der Waals surface area contributed by atoms with Crippen LogP contribution in [0.3, 0.4) is 0 Å². The second-order valence-corrected chi connectivity index (χ2v) is 7.36. The average Bonchev–Trinajstić information content (AvgIpc) is 3.33. The number of amides is 1. The molecule has 150 valence electrons. The van der Waals surface area contributed by atoms with Crippen LogP contribution >= 0.6 is 0 Å². The molecule has 0 spiro atoms. The zero-order chi connectivity index (χ0) is 20.5. The van der Waals surface area contributed by atoms with Crippen LogP contribution in [0.1, 0.15) is 40.8 Å². The van der Waals surface area contributed by atoms with Gasteiger partial charge in [-0.05, 0) is 37.1 Å². The second-order valence-electron chi connectivity index (χ2n) is 7.36. The third kappa shape index (κ3) is 3.71. The van der Waals surface area contributed by atoms with Crippen molar-refractivity contribution < 1.29 is 13.8 Å². The minimum absolute atomic E-state index is 0.121. The molecule has 1 aliphatic rings. The van der Waals surface area contributed by atoms with Gasteiger partial charge >= 0.3 is 0 Å². The zero-order valence-electron chi connectivity index (χ0n) is 16.4. The molecule has 5 rings (SSSR count). The first-order valence-electron chi connectivity index (χ1n) is 9.74. The predicted octanol–water partition coefficient (Wildman–Crippen LogP) is 3.94. The zero-order valence-corrected chi connectivity index (χ0v) is 16.4. The van der Waals surface area contributed by atoms with Crippen LogP contribution in [0.15, 0.2) is 63.8 Å². The third-order valence-electron chi connectivity index (χ3n) is 4.98. The molecule has 30 heavy (non-hydrogen) atoms. The number of hydrogen-bond acceptors (Lipinski definition) is 7. The number of rotatable bonds is 6. The highest BCUT2D eigenvalue weighted by Gasteiger charge is 2.29. The molecule has 0 N–H and O–H groups in total. The van der Waals surface area contributed by atoms with Crippen LogP contribution in [0.4, 0.5) is 0 Å². The van der Waals surface area contributed by atoms with Gasteiger partial charge in [-0.25, -0.2) is 0 Å². The molecule has 0 bridgehead atoms. The normalized spacial score (nSPS) is 13.4. The standard InChI is InChI=1S/C22H19N5O3/c1-27(13-17-12-19(25-29-17)18-4-2-3-11-23-18)22(28)16-9-5-14(6-10-16)20-24-21(30-26-20)15-7-8-15/h2-6,9-12,15H,7-8,13H2,1H3. The number of pyridine rings is 1. The summed E-state index contributed by atoms with van der Waals surface area (Å²) >= 11 is 0. The fraction of sp³-hybridized carbons (Fsp3) is 0.227. The van der Waals surface area contributed by atoms with Crippen molar-refractivity contribution in [2.75, 3.05) is 7.05 Å². The van der Waals surface area contributed by atoms with Gasteiger partial charge in [-0.1, -0.05) is 28.5 Å². The Hall–Kier alpha value is -3.81. The SMILES string of the molecule is CN(Cc1cc(-c2ccccn2)no1)C(=O)c1ccc(-c2noc(C3CC3)n2)cc1. The molecule has 8 heteroatoms. The molecule has 4 aromatic rings. The van der Waals surface area contributed by atoms with Crippen molar-refractivity contribution in [2.45, 2.75) is 25.3 Å². The molecule has 1 aromatic carbocycles. The van der Waals surface area contributed by atoms with E-state index in [2.05, 4.69) is 20.3 Å². The maximum absolute atomic E-state index is 12.8. The summed E-state index contributed by atoms with van der Waals surface area (Å²) < 4.78 is 10.7. The average molecular weight is 401 g/mol. The van der Waals surface area contributed by atoms with Gasteiger partial charge in [0.2, 0.25) is 11.7 Å². The second kappa shape index (κ2) is 7.55. The molecule has 0 aliphatic heterocycles. The number of carbonyl (C=O) groups excluding carboxylic acids is 1. The first-order valence-corrected chi connectivity index (χ1v) is 9.74. The minimum atomic E-state index is -0.121. The number of nitrogens with zero attached hydrogens (tertiary/aromatic N) is 5. The molecule has 1 amide bonds. The summed E-state index contributed by atoms with van der Waals surface area (Å²) in [6, 6.07) is 14.6. The maximum Gasteiger partial charge on any atom is 0.254 e. The lowest BCUT2D eigenvalue weighted by molar-refractivity contribution is 0.0772. The van der Waals surface area contributed by atoms with Crippen molar-refractivity contribution in [3.8, 4) is 22.8 Å². The number of hydrogen-bond donors (Lipinski definition) is 0. The molecule has 0 atom stereocenters. The van der Waals surface area contributed by atoms with Crippen LogP contribution in [0, 0.1) is 0 Å². The van der Waals surface area contributed by atoms with Gasteiger partial charge in [0, 0.05) is 36.4 Å². The Morgan fingerprint density at radius 3 is 2.63 bits per heavy atom. The van der Waals surface area contributed by atoms with Crippen LogP contribution in [0.25, 0.3) is 22.8 Å². The monoisotopic (exact) mass is 401 g/mol. The lowest BCUT2D eigenvalue weighted by Crippen LogP contribution is -2.25. The fourth-order valence-electron chi connectivity index (χ4n) is 3.16. The Balaban J connectivity index is 1.25. The van der Waals surface area contributed by atoms with Crippen molar-refractivity contribution in [3.05, 3.63) is 71.9 Å². The van der Waals surface area contributed by atoms with Gasteiger partial charge in [0.15, 0.2) is 5.76 Å². The maximum atomic E-state index is 12.8. The topological polar surface area (TPSA) is 98.2 Å². The van der Waals surface area contributed by atoms with E-state index in [1.54, 1.807) is 36.3 Å². The van der Waals surface area contributed by atoms with E-state index in [0.717, 1.165) is 24.1 Å². The molecule has 1 fully saturated rings. The van der Waals surface area contributed by atoms with Crippen molar-refractivity contribution in [2.24, 2.45) is 0 Å².